The van der Waals surface area contributed by atoms with Gasteiger partial charge in [-0.1, -0.05) is 18.2 Å². The standard InChI is InChI=1S/C15H21NO3/c1-15(2)9-12(17)10-16(15)14(18)8-11-6-4-5-7-13(11)19-3/h4-7,12,17H,8-10H2,1-3H3. The Kier molecular flexibility index (Phi) is 3.80. The summed E-state index contributed by atoms with van der Waals surface area (Å²) < 4.78 is 5.26. The van der Waals surface area contributed by atoms with Crippen molar-refractivity contribution in [1.82, 2.24) is 4.90 Å². The number of para-hydroxylation sites is 1. The van der Waals surface area contributed by atoms with E-state index in [0.717, 1.165) is 11.3 Å². The number of methoxy groups -OCH3 is 1. The second-order valence-corrected chi connectivity index (χ2v) is 5.66. The van der Waals surface area contributed by atoms with Crippen LogP contribution in [-0.2, 0) is 11.2 Å². The first kappa shape index (κ1) is 13.9. The van der Waals surface area contributed by atoms with Crippen molar-refractivity contribution < 1.29 is 14.6 Å². The first-order chi connectivity index (χ1) is 8.94. The largest absolute Gasteiger partial charge is 0.496 e. The summed E-state index contributed by atoms with van der Waals surface area (Å²) in [5, 5.41) is 9.73. The molecule has 0 radical (unpaired) electrons. The number of likely N-dealkylation sites (tertiary alicyclic amines) is 1. The number of aliphatic hydroxyl groups is 1. The van der Waals surface area contributed by atoms with Crippen molar-refractivity contribution in [3.8, 4) is 5.75 Å². The molecule has 1 saturated heterocycles. The predicted octanol–water partition coefficient (Wildman–Crippen LogP) is 1.61. The van der Waals surface area contributed by atoms with Crippen LogP contribution in [0.25, 0.3) is 0 Å². The van der Waals surface area contributed by atoms with E-state index in [4.69, 9.17) is 4.74 Å². The van der Waals surface area contributed by atoms with Gasteiger partial charge in [-0.05, 0) is 26.3 Å². The van der Waals surface area contributed by atoms with Gasteiger partial charge in [0.2, 0.25) is 5.91 Å². The van der Waals surface area contributed by atoms with E-state index >= 15 is 0 Å². The molecule has 1 aliphatic heterocycles. The van der Waals surface area contributed by atoms with Crippen molar-refractivity contribution in [1.29, 1.82) is 0 Å². The maximum atomic E-state index is 12.4. The van der Waals surface area contributed by atoms with Crippen LogP contribution in [0.4, 0.5) is 0 Å². The van der Waals surface area contributed by atoms with Crippen LogP contribution in [0.1, 0.15) is 25.8 Å². The molecular formula is C15H21NO3. The summed E-state index contributed by atoms with van der Waals surface area (Å²) in [6.07, 6.45) is 0.516. The van der Waals surface area contributed by atoms with Crippen LogP contribution in [0.5, 0.6) is 5.75 Å². The third kappa shape index (κ3) is 2.89. The molecule has 0 spiro atoms. The van der Waals surface area contributed by atoms with Gasteiger partial charge in [0.15, 0.2) is 0 Å². The van der Waals surface area contributed by atoms with E-state index in [1.54, 1.807) is 12.0 Å². The van der Waals surface area contributed by atoms with Gasteiger partial charge in [0.1, 0.15) is 5.75 Å². The molecule has 4 heteroatoms. The molecule has 0 aromatic heterocycles. The number of nitrogens with zero attached hydrogens (tertiary/aromatic N) is 1. The van der Waals surface area contributed by atoms with Gasteiger partial charge in [-0.15, -0.1) is 0 Å². The van der Waals surface area contributed by atoms with Crippen LogP contribution in [-0.4, -0.2) is 41.2 Å². The smallest absolute Gasteiger partial charge is 0.227 e. The normalized spacial score (nSPS) is 21.5. The van der Waals surface area contributed by atoms with Gasteiger partial charge in [-0.25, -0.2) is 0 Å². The van der Waals surface area contributed by atoms with Gasteiger partial charge in [-0.3, -0.25) is 4.79 Å². The lowest BCUT2D eigenvalue weighted by molar-refractivity contribution is -0.133. The molecule has 1 N–H and O–H groups in total. The van der Waals surface area contributed by atoms with Gasteiger partial charge in [0.05, 0.1) is 19.6 Å². The number of carbonyl (C=O) groups is 1. The Hall–Kier alpha value is -1.55. The van der Waals surface area contributed by atoms with Crippen LogP contribution in [0.15, 0.2) is 24.3 Å². The molecule has 4 nitrogen and oxygen atoms in total. The van der Waals surface area contributed by atoms with Crippen molar-refractivity contribution in [3.63, 3.8) is 0 Å². The summed E-state index contributed by atoms with van der Waals surface area (Å²) in [4.78, 5) is 14.2. The number of amides is 1. The van der Waals surface area contributed by atoms with Gasteiger partial charge >= 0.3 is 0 Å². The molecule has 1 amide bonds. The van der Waals surface area contributed by atoms with Crippen molar-refractivity contribution in [3.05, 3.63) is 29.8 Å². The van der Waals surface area contributed by atoms with E-state index in [1.807, 2.05) is 38.1 Å². The Morgan fingerprint density at radius 3 is 2.74 bits per heavy atom. The highest BCUT2D eigenvalue weighted by atomic mass is 16.5. The molecule has 19 heavy (non-hydrogen) atoms. The topological polar surface area (TPSA) is 49.8 Å². The number of rotatable bonds is 3. The maximum Gasteiger partial charge on any atom is 0.227 e. The van der Waals surface area contributed by atoms with Crippen LogP contribution in [0.3, 0.4) is 0 Å². The lowest BCUT2D eigenvalue weighted by atomic mass is 10.0. The summed E-state index contributed by atoms with van der Waals surface area (Å²) in [5.74, 6) is 0.763. The SMILES string of the molecule is COc1ccccc1CC(=O)N1CC(O)CC1(C)C. The van der Waals surface area contributed by atoms with E-state index in [2.05, 4.69) is 0 Å². The number of hydrogen-bond donors (Lipinski definition) is 1. The highest BCUT2D eigenvalue weighted by molar-refractivity contribution is 5.80. The molecule has 0 saturated carbocycles. The highest BCUT2D eigenvalue weighted by Crippen LogP contribution is 2.30. The molecule has 0 aliphatic carbocycles. The van der Waals surface area contributed by atoms with Gasteiger partial charge < -0.3 is 14.7 Å². The van der Waals surface area contributed by atoms with Crippen LogP contribution < -0.4 is 4.74 Å². The maximum absolute atomic E-state index is 12.4. The number of benzene rings is 1. The van der Waals surface area contributed by atoms with E-state index in [-0.39, 0.29) is 11.4 Å². The summed E-state index contributed by atoms with van der Waals surface area (Å²) in [5.41, 5.74) is 0.602. The number of β-amino-alcohol motifs (C(OH)–C–C–N with tert-alkyl or cyclic N) is 1. The summed E-state index contributed by atoms with van der Waals surface area (Å²) in [7, 11) is 1.60. The van der Waals surface area contributed by atoms with E-state index in [0.29, 0.717) is 19.4 Å². The molecule has 1 fully saturated rings. The zero-order valence-corrected chi connectivity index (χ0v) is 11.7. The monoisotopic (exact) mass is 263 g/mol. The molecule has 1 heterocycles. The minimum atomic E-state index is -0.420. The lowest BCUT2D eigenvalue weighted by Crippen LogP contribution is -2.43. The van der Waals surface area contributed by atoms with E-state index < -0.39 is 6.10 Å². The first-order valence-corrected chi connectivity index (χ1v) is 6.54. The fourth-order valence-corrected chi connectivity index (χ4v) is 2.76. The second-order valence-electron chi connectivity index (χ2n) is 5.66. The zero-order valence-electron chi connectivity index (χ0n) is 11.7. The van der Waals surface area contributed by atoms with Gasteiger partial charge in [0, 0.05) is 17.6 Å². The molecule has 1 unspecified atom stereocenters. The van der Waals surface area contributed by atoms with E-state index in [1.165, 1.54) is 0 Å². The minimum Gasteiger partial charge on any atom is -0.496 e. The number of ether oxygens (including phenoxy) is 1. The third-order valence-corrected chi connectivity index (χ3v) is 3.69. The van der Waals surface area contributed by atoms with Gasteiger partial charge in [-0.2, -0.15) is 0 Å². The Bertz CT molecular complexity index is 470. The Balaban J connectivity index is 2.13. The number of hydrogen-bond acceptors (Lipinski definition) is 3. The molecular weight excluding hydrogens is 242 g/mol. The van der Waals surface area contributed by atoms with Crippen molar-refractivity contribution in [2.75, 3.05) is 13.7 Å². The average molecular weight is 263 g/mol. The molecule has 1 aromatic carbocycles. The van der Waals surface area contributed by atoms with Crippen molar-refractivity contribution in [2.45, 2.75) is 38.3 Å². The van der Waals surface area contributed by atoms with Crippen LogP contribution in [0, 0.1) is 0 Å². The lowest BCUT2D eigenvalue weighted by Gasteiger charge is -2.31. The zero-order chi connectivity index (χ0) is 14.0. The Labute approximate surface area is 114 Å². The Morgan fingerprint density at radius 2 is 2.16 bits per heavy atom. The second kappa shape index (κ2) is 5.21. The quantitative estimate of drug-likeness (QED) is 0.901. The Morgan fingerprint density at radius 1 is 1.47 bits per heavy atom. The fraction of sp³-hybridized carbons (Fsp3) is 0.533. The summed E-state index contributed by atoms with van der Waals surface area (Å²) in [6, 6.07) is 7.54. The molecule has 1 aliphatic rings. The molecule has 1 aromatic rings. The molecule has 1 atom stereocenters. The molecule has 104 valence electrons. The van der Waals surface area contributed by atoms with Crippen LogP contribution >= 0.6 is 0 Å². The summed E-state index contributed by atoms with van der Waals surface area (Å²) in [6.45, 7) is 4.40. The third-order valence-electron chi connectivity index (χ3n) is 3.69. The minimum absolute atomic E-state index is 0.0334. The number of carbonyl (C=O) groups excluding carboxylic acids is 1. The van der Waals surface area contributed by atoms with Crippen molar-refractivity contribution >= 4 is 5.91 Å². The first-order valence-electron chi connectivity index (χ1n) is 6.54. The molecule has 2 rings (SSSR count). The van der Waals surface area contributed by atoms with Gasteiger partial charge in [0.25, 0.3) is 0 Å². The predicted molar refractivity (Wildman–Crippen MR) is 73.1 cm³/mol. The van der Waals surface area contributed by atoms with Crippen LogP contribution in [0.2, 0.25) is 0 Å². The average Bonchev–Trinajstić information content (AvgIpc) is 2.63. The molecule has 0 bridgehead atoms. The number of aliphatic hydroxyl groups excluding tert-OH is 1. The summed E-state index contributed by atoms with van der Waals surface area (Å²) >= 11 is 0. The van der Waals surface area contributed by atoms with E-state index in [9.17, 15) is 9.90 Å². The fourth-order valence-electron chi connectivity index (χ4n) is 2.76. The highest BCUT2D eigenvalue weighted by Gasteiger charge is 2.40. The van der Waals surface area contributed by atoms with Crippen molar-refractivity contribution in [2.24, 2.45) is 0 Å².